The predicted molar refractivity (Wildman–Crippen MR) is 108 cm³/mol. The van der Waals surface area contributed by atoms with Crippen molar-refractivity contribution in [2.75, 3.05) is 0 Å². The van der Waals surface area contributed by atoms with E-state index in [9.17, 15) is 0 Å². The Morgan fingerprint density at radius 3 is 2.00 bits per heavy atom. The predicted octanol–water partition coefficient (Wildman–Crippen LogP) is 6.00. The normalized spacial score (nSPS) is 14.5. The molecule has 0 heterocycles. The Bertz CT molecular complexity index is 952. The van der Waals surface area contributed by atoms with E-state index in [1.807, 2.05) is 0 Å². The second-order valence-corrected chi connectivity index (χ2v) is 8.32. The quantitative estimate of drug-likeness (QED) is 0.513. The third-order valence-electron chi connectivity index (χ3n) is 5.15. The second kappa shape index (κ2) is 5.62. The smallest absolute Gasteiger partial charge is 0.0159 e. The number of fused-ring (bicyclic) bond motifs is 3. The molecular weight excluding hydrogens is 327 g/mol. The first-order valence-corrected chi connectivity index (χ1v) is 10.1. The minimum atomic E-state index is 0.0153. The first kappa shape index (κ1) is 15.7. The van der Waals surface area contributed by atoms with Gasteiger partial charge in [-0.15, -0.1) is 0 Å². The molecule has 3 aromatic carbocycles. The van der Waals surface area contributed by atoms with Gasteiger partial charge in [0.25, 0.3) is 0 Å². The van der Waals surface area contributed by atoms with Gasteiger partial charge < -0.3 is 0 Å². The standard InChI is InChI=1S/C22H19PS/c1-14-4-6-15(7-5-14)16-8-10-18-19-11-9-17(23-24)13-21(19)22(2,3)20(18)12-16/h4-13H,1-3H3. The van der Waals surface area contributed by atoms with Gasteiger partial charge in [-0.25, -0.2) is 0 Å². The topological polar surface area (TPSA) is 0 Å². The maximum atomic E-state index is 5.22. The highest BCUT2D eigenvalue weighted by atomic mass is 32.4. The lowest BCUT2D eigenvalue weighted by Crippen LogP contribution is -2.16. The maximum absolute atomic E-state index is 5.22. The Kier molecular flexibility index (Phi) is 3.67. The van der Waals surface area contributed by atoms with Crippen molar-refractivity contribution in [2.45, 2.75) is 26.2 Å². The van der Waals surface area contributed by atoms with Gasteiger partial charge in [-0.3, -0.25) is 0 Å². The fourth-order valence-corrected chi connectivity index (χ4v) is 4.37. The van der Waals surface area contributed by atoms with Gasteiger partial charge >= 0.3 is 0 Å². The van der Waals surface area contributed by atoms with Crippen LogP contribution in [0.5, 0.6) is 0 Å². The van der Waals surface area contributed by atoms with Gasteiger partial charge in [-0.05, 0) is 58.5 Å². The summed E-state index contributed by atoms with van der Waals surface area (Å²) in [6.07, 6.45) is 0. The van der Waals surface area contributed by atoms with E-state index >= 15 is 0 Å². The second-order valence-electron chi connectivity index (χ2n) is 7.07. The van der Waals surface area contributed by atoms with Crippen molar-refractivity contribution in [3.05, 3.63) is 77.4 Å². The summed E-state index contributed by atoms with van der Waals surface area (Å²) in [5, 5.41) is 1.21. The van der Waals surface area contributed by atoms with Gasteiger partial charge in [0.2, 0.25) is 0 Å². The van der Waals surface area contributed by atoms with Crippen LogP contribution in [0.1, 0.15) is 30.5 Å². The van der Waals surface area contributed by atoms with Crippen molar-refractivity contribution in [1.82, 2.24) is 0 Å². The van der Waals surface area contributed by atoms with E-state index in [1.165, 1.54) is 44.2 Å². The zero-order valence-corrected chi connectivity index (χ0v) is 15.8. The van der Waals surface area contributed by atoms with Crippen LogP contribution >= 0.6 is 7.36 Å². The molecule has 0 aromatic heterocycles. The number of rotatable bonds is 2. The summed E-state index contributed by atoms with van der Waals surface area (Å²) in [4.78, 5) is 0. The molecule has 0 saturated heterocycles. The van der Waals surface area contributed by atoms with Crippen LogP contribution in [0.2, 0.25) is 0 Å². The van der Waals surface area contributed by atoms with Gasteiger partial charge in [0.15, 0.2) is 0 Å². The van der Waals surface area contributed by atoms with Crippen LogP contribution in [0.3, 0.4) is 0 Å². The first-order chi connectivity index (χ1) is 11.5. The highest BCUT2D eigenvalue weighted by Crippen LogP contribution is 2.49. The van der Waals surface area contributed by atoms with Gasteiger partial charge in [0, 0.05) is 18.1 Å². The van der Waals surface area contributed by atoms with E-state index in [2.05, 4.69) is 81.4 Å². The van der Waals surface area contributed by atoms with Crippen molar-refractivity contribution < 1.29 is 0 Å². The first-order valence-electron chi connectivity index (χ1n) is 8.20. The van der Waals surface area contributed by atoms with Crippen LogP contribution in [-0.4, -0.2) is 0 Å². The Labute approximate surface area is 150 Å². The van der Waals surface area contributed by atoms with Crippen LogP contribution in [-0.2, 0) is 17.2 Å². The van der Waals surface area contributed by atoms with Crippen LogP contribution in [0.4, 0.5) is 0 Å². The third-order valence-corrected chi connectivity index (χ3v) is 6.27. The van der Waals surface area contributed by atoms with Crippen molar-refractivity contribution in [3.63, 3.8) is 0 Å². The summed E-state index contributed by atoms with van der Waals surface area (Å²) >= 11 is 5.22. The molecule has 1 aliphatic carbocycles. The summed E-state index contributed by atoms with van der Waals surface area (Å²) in [6, 6.07) is 22.3. The summed E-state index contributed by atoms with van der Waals surface area (Å²) < 4.78 is 0. The minimum Gasteiger partial charge on any atom is -0.0587 e. The third kappa shape index (κ3) is 2.35. The van der Waals surface area contributed by atoms with Gasteiger partial charge in [-0.2, -0.15) is 0 Å². The zero-order valence-electron chi connectivity index (χ0n) is 14.1. The highest BCUT2D eigenvalue weighted by molar-refractivity contribution is 7.99. The molecule has 0 radical (unpaired) electrons. The molecular formula is C22H19PS. The molecule has 0 fully saturated rings. The Hall–Kier alpha value is -1.82. The fraction of sp³-hybridized carbons (Fsp3) is 0.182. The number of benzene rings is 3. The van der Waals surface area contributed by atoms with Gasteiger partial charge in [0.05, 0.1) is 0 Å². The summed E-state index contributed by atoms with van der Waals surface area (Å²) in [7, 11) is 0.916. The molecule has 0 bridgehead atoms. The monoisotopic (exact) mass is 346 g/mol. The Balaban J connectivity index is 1.89. The molecule has 0 aliphatic heterocycles. The van der Waals surface area contributed by atoms with Crippen molar-refractivity contribution >= 4 is 24.5 Å². The SMILES string of the molecule is Cc1ccc(-c2ccc3c(c2)C(C)(C)c2cc(P=S)ccc2-3)cc1. The van der Waals surface area contributed by atoms with E-state index in [0.29, 0.717) is 0 Å². The fourth-order valence-electron chi connectivity index (χ4n) is 3.71. The average molecular weight is 346 g/mol. The largest absolute Gasteiger partial charge is 0.0587 e. The molecule has 0 unspecified atom stereocenters. The van der Waals surface area contributed by atoms with Crippen molar-refractivity contribution in [2.24, 2.45) is 0 Å². The average Bonchev–Trinajstić information content (AvgIpc) is 2.82. The number of hydrogen-bond donors (Lipinski definition) is 0. The molecule has 0 atom stereocenters. The van der Waals surface area contributed by atoms with Gasteiger partial charge in [-0.1, -0.05) is 73.7 Å². The molecule has 0 nitrogen and oxygen atoms in total. The molecule has 0 spiro atoms. The van der Waals surface area contributed by atoms with E-state index < -0.39 is 0 Å². The maximum Gasteiger partial charge on any atom is 0.0159 e. The molecule has 24 heavy (non-hydrogen) atoms. The van der Waals surface area contributed by atoms with Crippen LogP contribution in [0.25, 0.3) is 22.3 Å². The van der Waals surface area contributed by atoms with E-state index in [1.54, 1.807) is 0 Å². The Morgan fingerprint density at radius 1 is 0.750 bits per heavy atom. The van der Waals surface area contributed by atoms with Crippen molar-refractivity contribution in [1.29, 1.82) is 0 Å². The molecule has 4 rings (SSSR count). The molecule has 2 heteroatoms. The summed E-state index contributed by atoms with van der Waals surface area (Å²) in [5.41, 5.74) is 9.40. The number of aryl methyl sites for hydroxylation is 1. The lowest BCUT2D eigenvalue weighted by Gasteiger charge is -2.22. The Morgan fingerprint density at radius 2 is 1.33 bits per heavy atom. The van der Waals surface area contributed by atoms with E-state index in [0.717, 1.165) is 7.36 Å². The lowest BCUT2D eigenvalue weighted by atomic mass is 9.81. The van der Waals surface area contributed by atoms with Crippen LogP contribution < -0.4 is 5.30 Å². The molecule has 0 saturated carbocycles. The molecule has 0 amide bonds. The molecule has 0 N–H and O–H groups in total. The van der Waals surface area contributed by atoms with Gasteiger partial charge in [0.1, 0.15) is 0 Å². The van der Waals surface area contributed by atoms with Crippen LogP contribution in [0.15, 0.2) is 60.7 Å². The highest BCUT2D eigenvalue weighted by Gasteiger charge is 2.35. The summed E-state index contributed by atoms with van der Waals surface area (Å²) in [5.74, 6) is 0. The zero-order chi connectivity index (χ0) is 16.9. The van der Waals surface area contributed by atoms with E-state index in [4.69, 9.17) is 11.8 Å². The van der Waals surface area contributed by atoms with Crippen molar-refractivity contribution in [3.8, 4) is 22.3 Å². The number of hydrogen-bond acceptors (Lipinski definition) is 1. The summed E-state index contributed by atoms with van der Waals surface area (Å²) in [6.45, 7) is 6.77. The lowest BCUT2D eigenvalue weighted by molar-refractivity contribution is 0.661. The molecule has 3 aromatic rings. The van der Waals surface area contributed by atoms with Crippen LogP contribution in [0, 0.1) is 6.92 Å². The molecule has 118 valence electrons. The minimum absolute atomic E-state index is 0.0153. The molecule has 1 aliphatic rings. The van der Waals surface area contributed by atoms with E-state index in [-0.39, 0.29) is 5.41 Å².